The second-order valence-electron chi connectivity index (χ2n) is 8.20. The van der Waals surface area contributed by atoms with E-state index < -0.39 is 30.0 Å². The Morgan fingerprint density at radius 1 is 1.08 bits per heavy atom. The van der Waals surface area contributed by atoms with Gasteiger partial charge in [-0.1, -0.05) is 23.7 Å². The maximum atomic E-state index is 13.5. The zero-order valence-electron chi connectivity index (χ0n) is 18.9. The Bertz CT molecular complexity index is 1410. The van der Waals surface area contributed by atoms with Gasteiger partial charge in [0.2, 0.25) is 5.82 Å². The van der Waals surface area contributed by atoms with Crippen molar-refractivity contribution in [3.8, 4) is 11.4 Å². The molecule has 0 unspecified atom stereocenters. The smallest absolute Gasteiger partial charge is 0.416 e. The lowest BCUT2D eigenvalue weighted by atomic mass is 9.98. The number of aliphatic hydroxyl groups is 1. The van der Waals surface area contributed by atoms with Crippen molar-refractivity contribution in [2.45, 2.75) is 31.5 Å². The molecule has 2 aromatic heterocycles. The number of cyclic esters (lactones) is 1. The summed E-state index contributed by atoms with van der Waals surface area (Å²) in [4.78, 5) is 19.5. The van der Waals surface area contributed by atoms with Gasteiger partial charge in [0, 0.05) is 22.5 Å². The van der Waals surface area contributed by atoms with E-state index in [0.29, 0.717) is 22.0 Å². The van der Waals surface area contributed by atoms with Crippen molar-refractivity contribution < 1.29 is 27.8 Å². The fourth-order valence-electron chi connectivity index (χ4n) is 4.05. The Morgan fingerprint density at radius 2 is 1.86 bits per heavy atom. The minimum absolute atomic E-state index is 0.0775. The number of rotatable bonds is 6. The number of anilines is 1. The van der Waals surface area contributed by atoms with Gasteiger partial charge >= 0.3 is 12.3 Å². The van der Waals surface area contributed by atoms with Crippen molar-refractivity contribution >= 4 is 23.4 Å². The van der Waals surface area contributed by atoms with E-state index >= 15 is 0 Å². The number of carbonyl (C=O) groups is 1. The number of hydrogen-bond donors (Lipinski definition) is 1. The molecule has 2 aromatic carbocycles. The van der Waals surface area contributed by atoms with E-state index in [-0.39, 0.29) is 24.5 Å². The first-order valence-electron chi connectivity index (χ1n) is 11.0. The molecule has 1 saturated heterocycles. The molecular weight excluding hydrogens is 513 g/mol. The first-order chi connectivity index (χ1) is 17.7. The van der Waals surface area contributed by atoms with Gasteiger partial charge in [-0.25, -0.2) is 4.79 Å². The molecule has 5 rings (SSSR count). The molecule has 1 aliphatic rings. The van der Waals surface area contributed by atoms with Crippen molar-refractivity contribution in [2.24, 2.45) is 0 Å². The van der Waals surface area contributed by atoms with Gasteiger partial charge in [0.05, 0.1) is 17.9 Å². The normalized spacial score (nSPS) is 17.8. The number of amides is 1. The van der Waals surface area contributed by atoms with Crippen LogP contribution in [0.5, 0.6) is 0 Å². The Labute approximate surface area is 213 Å². The summed E-state index contributed by atoms with van der Waals surface area (Å²) in [5.41, 5.74) is 0.801. The van der Waals surface area contributed by atoms with Crippen LogP contribution in [0, 0.1) is 0 Å². The zero-order valence-corrected chi connectivity index (χ0v) is 19.6. The third-order valence-electron chi connectivity index (χ3n) is 5.78. The number of nitrogens with zero attached hydrogens (tertiary/aromatic N) is 6. The molecule has 1 N–H and O–H groups in total. The monoisotopic (exact) mass is 530 g/mol. The van der Waals surface area contributed by atoms with Gasteiger partial charge in [-0.3, -0.25) is 9.88 Å². The quantitative estimate of drug-likeness (QED) is 0.386. The minimum Gasteiger partial charge on any atom is -0.441 e. The molecule has 0 aliphatic carbocycles. The highest BCUT2D eigenvalue weighted by molar-refractivity contribution is 6.30. The number of halogens is 4. The molecule has 1 amide bonds. The van der Waals surface area contributed by atoms with Crippen LogP contribution in [0.1, 0.15) is 22.9 Å². The van der Waals surface area contributed by atoms with Crippen molar-refractivity contribution in [1.29, 1.82) is 0 Å². The number of alkyl halides is 3. The van der Waals surface area contributed by atoms with Gasteiger partial charge in [0.15, 0.2) is 0 Å². The van der Waals surface area contributed by atoms with Crippen LogP contribution in [0.25, 0.3) is 11.4 Å². The topological polar surface area (TPSA) is 106 Å². The summed E-state index contributed by atoms with van der Waals surface area (Å²) in [7, 11) is 0. The van der Waals surface area contributed by atoms with Crippen LogP contribution in [-0.2, 0) is 24.1 Å². The van der Waals surface area contributed by atoms with Crippen LogP contribution in [0.2, 0.25) is 5.02 Å². The highest BCUT2D eigenvalue weighted by atomic mass is 35.5. The summed E-state index contributed by atoms with van der Waals surface area (Å²) in [6.07, 6.45) is -4.76. The first-order valence-corrected chi connectivity index (χ1v) is 11.4. The zero-order chi connectivity index (χ0) is 26.2. The van der Waals surface area contributed by atoms with Crippen molar-refractivity contribution in [3.63, 3.8) is 0 Å². The largest absolute Gasteiger partial charge is 0.441 e. The predicted octanol–water partition coefficient (Wildman–Crippen LogP) is 4.67. The van der Waals surface area contributed by atoms with E-state index in [2.05, 4.69) is 20.4 Å². The maximum absolute atomic E-state index is 13.5. The van der Waals surface area contributed by atoms with Gasteiger partial charge < -0.3 is 9.84 Å². The maximum Gasteiger partial charge on any atom is 0.416 e. The number of aliphatic hydroxyl groups excluding tert-OH is 1. The average Bonchev–Trinajstić information content (AvgIpc) is 3.48. The van der Waals surface area contributed by atoms with Crippen LogP contribution in [-0.4, -0.2) is 42.5 Å². The number of aromatic nitrogens is 5. The average molecular weight is 531 g/mol. The predicted molar refractivity (Wildman–Crippen MR) is 125 cm³/mol. The van der Waals surface area contributed by atoms with Gasteiger partial charge in [-0.05, 0) is 59.3 Å². The third kappa shape index (κ3) is 5.11. The van der Waals surface area contributed by atoms with Gasteiger partial charge in [0.25, 0.3) is 0 Å². The molecule has 1 aliphatic heterocycles. The fraction of sp³-hybridized carbons (Fsp3) is 0.208. The Morgan fingerprint density at radius 3 is 2.54 bits per heavy atom. The highest BCUT2D eigenvalue weighted by Gasteiger charge is 2.45. The van der Waals surface area contributed by atoms with E-state index in [4.69, 9.17) is 21.4 Å². The molecule has 190 valence electrons. The number of pyridine rings is 1. The van der Waals surface area contributed by atoms with E-state index in [1.54, 1.807) is 36.4 Å². The summed E-state index contributed by atoms with van der Waals surface area (Å²) >= 11 is 5.98. The van der Waals surface area contributed by atoms with Gasteiger partial charge in [-0.2, -0.15) is 18.0 Å². The van der Waals surface area contributed by atoms with E-state index in [1.807, 2.05) is 0 Å². The lowest BCUT2D eigenvalue weighted by Crippen LogP contribution is -2.31. The SMILES string of the molecule is O=C1O[C@@H](Cn2nnc(-c3ccc(CO)nc3)n2)[C@H](c2cccc(C(F)(F)F)c2)N1c1ccc(Cl)cc1. The number of benzene rings is 2. The summed E-state index contributed by atoms with van der Waals surface area (Å²) in [6, 6.07) is 13.4. The molecule has 0 spiro atoms. The lowest BCUT2D eigenvalue weighted by Gasteiger charge is -2.25. The van der Waals surface area contributed by atoms with Crippen LogP contribution >= 0.6 is 11.6 Å². The summed E-state index contributed by atoms with van der Waals surface area (Å²) < 4.78 is 46.0. The summed E-state index contributed by atoms with van der Waals surface area (Å²) in [5, 5.41) is 21.9. The molecule has 0 bridgehead atoms. The number of carbonyl (C=O) groups excluding carboxylic acids is 1. The molecule has 0 saturated carbocycles. The summed E-state index contributed by atoms with van der Waals surface area (Å²) in [5.74, 6) is 0.242. The third-order valence-corrected chi connectivity index (χ3v) is 6.03. The van der Waals surface area contributed by atoms with Crippen molar-refractivity contribution in [1.82, 2.24) is 25.2 Å². The van der Waals surface area contributed by atoms with Crippen molar-refractivity contribution in [2.75, 3.05) is 4.90 Å². The minimum atomic E-state index is -4.57. The van der Waals surface area contributed by atoms with Gasteiger partial charge in [-0.15, -0.1) is 10.2 Å². The van der Waals surface area contributed by atoms with Crippen molar-refractivity contribution in [3.05, 3.63) is 88.7 Å². The molecule has 2 atom stereocenters. The van der Waals surface area contributed by atoms with E-state index in [1.165, 1.54) is 28.0 Å². The number of ether oxygens (including phenoxy) is 1. The molecule has 37 heavy (non-hydrogen) atoms. The van der Waals surface area contributed by atoms with Crippen LogP contribution < -0.4 is 4.90 Å². The van der Waals surface area contributed by atoms with Crippen LogP contribution in [0.4, 0.5) is 23.7 Å². The lowest BCUT2D eigenvalue weighted by molar-refractivity contribution is -0.137. The van der Waals surface area contributed by atoms with Gasteiger partial charge in [0.1, 0.15) is 18.7 Å². The summed E-state index contributed by atoms with van der Waals surface area (Å²) in [6.45, 7) is -0.291. The first kappa shape index (κ1) is 24.7. The molecule has 0 radical (unpaired) electrons. The fourth-order valence-corrected chi connectivity index (χ4v) is 4.17. The van der Waals surface area contributed by atoms with Crippen LogP contribution in [0.15, 0.2) is 66.9 Å². The Kier molecular flexibility index (Phi) is 6.52. The second kappa shape index (κ2) is 9.79. The second-order valence-corrected chi connectivity index (χ2v) is 8.64. The number of tetrazole rings is 1. The van der Waals surface area contributed by atoms with E-state index in [0.717, 1.165) is 12.1 Å². The molecule has 4 aromatic rings. The molecule has 9 nitrogen and oxygen atoms in total. The van der Waals surface area contributed by atoms with E-state index in [9.17, 15) is 18.0 Å². The Balaban J connectivity index is 1.49. The molecule has 1 fully saturated rings. The molecule has 13 heteroatoms. The molecule has 3 heterocycles. The standard InChI is InChI=1S/C24H18ClF3N6O3/c25-17-5-8-19(9-6-17)34-21(14-2-1-3-16(10-14)24(26,27)28)20(37-23(34)36)12-33-31-22(30-32-33)15-4-7-18(13-35)29-11-15/h1-11,20-21,35H,12-13H2/t20-,21-/m0/s1. The Hall–Kier alpha value is -4.03. The van der Waals surface area contributed by atoms with Crippen LogP contribution in [0.3, 0.4) is 0 Å². The highest BCUT2D eigenvalue weighted by Crippen LogP contribution is 2.40. The number of hydrogen-bond acceptors (Lipinski definition) is 7. The molecular formula is C24H18ClF3N6O3.